The lowest BCUT2D eigenvalue weighted by atomic mass is 9.65. The lowest BCUT2D eigenvalue weighted by Crippen LogP contribution is -2.47. The fraction of sp³-hybridized carbons (Fsp3) is 0.789. The summed E-state index contributed by atoms with van der Waals surface area (Å²) in [7, 11) is 0. The number of amides is 1. The van der Waals surface area contributed by atoms with E-state index in [1.165, 1.54) is 0 Å². The minimum Gasteiger partial charge on any atom is -0.311 e. The first-order valence-corrected chi connectivity index (χ1v) is 9.38. The van der Waals surface area contributed by atoms with Gasteiger partial charge in [-0.3, -0.25) is 4.79 Å². The monoisotopic (exact) mass is 351 g/mol. The molecule has 0 atom stereocenters. The zero-order valence-electron chi connectivity index (χ0n) is 15.3. The molecule has 138 valence electrons. The fourth-order valence-electron chi connectivity index (χ4n) is 4.35. The molecular formula is C19H27F2N3O. The van der Waals surface area contributed by atoms with E-state index in [2.05, 4.69) is 12.2 Å². The molecule has 3 saturated carbocycles. The first-order valence-electron chi connectivity index (χ1n) is 9.38. The van der Waals surface area contributed by atoms with Crippen molar-refractivity contribution in [3.8, 4) is 0 Å². The van der Waals surface area contributed by atoms with Crippen LogP contribution in [0.4, 0.5) is 14.6 Å². The molecule has 0 aromatic carbocycles. The Hall–Kier alpha value is -1.46. The molecule has 1 heterocycles. The molecule has 3 aliphatic carbocycles. The SMILES string of the molecule is Cc1c(C2(C)CC(F)(F)C2)nn(C2CCC2)c1NC(=O)CC1(C)CC1. The topological polar surface area (TPSA) is 46.9 Å². The lowest BCUT2D eigenvalue weighted by molar-refractivity contribution is -0.122. The molecule has 6 heteroatoms. The largest absolute Gasteiger partial charge is 0.311 e. The second-order valence-electron chi connectivity index (χ2n) is 9.16. The van der Waals surface area contributed by atoms with Crippen LogP contribution in [0.25, 0.3) is 0 Å². The first kappa shape index (κ1) is 17.0. The average Bonchev–Trinajstić information content (AvgIpc) is 3.04. The summed E-state index contributed by atoms with van der Waals surface area (Å²) in [6.45, 7) is 5.90. The Morgan fingerprint density at radius 3 is 2.40 bits per heavy atom. The van der Waals surface area contributed by atoms with Gasteiger partial charge in [-0.2, -0.15) is 5.10 Å². The highest BCUT2D eigenvalue weighted by molar-refractivity contribution is 5.91. The molecule has 0 radical (unpaired) electrons. The highest BCUT2D eigenvalue weighted by Crippen LogP contribution is 2.54. The van der Waals surface area contributed by atoms with Gasteiger partial charge in [0.05, 0.1) is 11.7 Å². The van der Waals surface area contributed by atoms with Crippen molar-refractivity contribution < 1.29 is 13.6 Å². The van der Waals surface area contributed by atoms with E-state index in [4.69, 9.17) is 5.10 Å². The molecule has 1 N–H and O–H groups in total. The zero-order chi connectivity index (χ0) is 18.0. The summed E-state index contributed by atoms with van der Waals surface area (Å²) in [6, 6.07) is 0.281. The third-order valence-corrected chi connectivity index (χ3v) is 6.39. The van der Waals surface area contributed by atoms with Gasteiger partial charge in [-0.05, 0) is 44.4 Å². The van der Waals surface area contributed by atoms with Crippen molar-refractivity contribution in [2.45, 2.75) is 89.5 Å². The van der Waals surface area contributed by atoms with Crippen LogP contribution >= 0.6 is 0 Å². The minimum atomic E-state index is -2.59. The summed E-state index contributed by atoms with van der Waals surface area (Å²) in [5.74, 6) is -1.85. The molecule has 0 unspecified atom stereocenters. The number of alkyl halides is 2. The number of rotatable bonds is 5. The van der Waals surface area contributed by atoms with Crippen LogP contribution in [0.5, 0.6) is 0 Å². The van der Waals surface area contributed by atoms with Crippen molar-refractivity contribution >= 4 is 11.7 Å². The van der Waals surface area contributed by atoms with Gasteiger partial charge in [-0.25, -0.2) is 13.5 Å². The van der Waals surface area contributed by atoms with Crippen molar-refractivity contribution in [1.82, 2.24) is 9.78 Å². The molecule has 1 amide bonds. The number of nitrogens with zero attached hydrogens (tertiary/aromatic N) is 2. The second-order valence-corrected chi connectivity index (χ2v) is 9.16. The maximum Gasteiger partial charge on any atom is 0.250 e. The number of hydrogen-bond donors (Lipinski definition) is 1. The molecule has 4 nitrogen and oxygen atoms in total. The number of carbonyl (C=O) groups excluding carboxylic acids is 1. The van der Waals surface area contributed by atoms with Crippen molar-refractivity contribution in [2.24, 2.45) is 5.41 Å². The van der Waals surface area contributed by atoms with Crippen LogP contribution in [-0.2, 0) is 10.2 Å². The van der Waals surface area contributed by atoms with Crippen LogP contribution in [0.2, 0.25) is 0 Å². The number of nitrogens with one attached hydrogen (secondary N) is 1. The molecule has 3 aliphatic rings. The van der Waals surface area contributed by atoms with Gasteiger partial charge in [0.15, 0.2) is 0 Å². The van der Waals surface area contributed by atoms with Gasteiger partial charge >= 0.3 is 0 Å². The quantitative estimate of drug-likeness (QED) is 0.833. The van der Waals surface area contributed by atoms with Crippen LogP contribution in [0, 0.1) is 12.3 Å². The Kier molecular flexibility index (Phi) is 3.58. The molecule has 0 spiro atoms. The standard InChI is InChI=1S/C19H27F2N3O/c1-12-15(18(3)10-19(20,21)11-18)23-24(13-5-4-6-13)16(12)22-14(25)9-17(2)7-8-17/h13H,4-11H2,1-3H3,(H,22,25). The van der Waals surface area contributed by atoms with Crippen molar-refractivity contribution in [3.63, 3.8) is 0 Å². The summed E-state index contributed by atoms with van der Waals surface area (Å²) < 4.78 is 28.9. The molecule has 1 aromatic rings. The van der Waals surface area contributed by atoms with Crippen molar-refractivity contribution in [3.05, 3.63) is 11.3 Å². The molecule has 1 aromatic heterocycles. The Morgan fingerprint density at radius 1 is 1.28 bits per heavy atom. The van der Waals surface area contributed by atoms with Gasteiger partial charge in [0.1, 0.15) is 5.82 Å². The predicted molar refractivity (Wildman–Crippen MR) is 92.0 cm³/mol. The van der Waals surface area contributed by atoms with E-state index in [-0.39, 0.29) is 30.2 Å². The van der Waals surface area contributed by atoms with Gasteiger partial charge in [0, 0.05) is 30.2 Å². The van der Waals surface area contributed by atoms with Crippen molar-refractivity contribution in [2.75, 3.05) is 5.32 Å². The zero-order valence-corrected chi connectivity index (χ0v) is 15.3. The molecule has 25 heavy (non-hydrogen) atoms. The van der Waals surface area contributed by atoms with Gasteiger partial charge in [-0.1, -0.05) is 13.8 Å². The fourth-order valence-corrected chi connectivity index (χ4v) is 4.35. The van der Waals surface area contributed by atoms with E-state index in [0.717, 1.165) is 49.2 Å². The number of carbonyl (C=O) groups is 1. The van der Waals surface area contributed by atoms with Crippen LogP contribution < -0.4 is 5.32 Å². The molecule has 0 bridgehead atoms. The summed E-state index contributed by atoms with van der Waals surface area (Å²) in [4.78, 5) is 12.5. The van der Waals surface area contributed by atoms with E-state index < -0.39 is 11.3 Å². The molecule has 3 fully saturated rings. The smallest absolute Gasteiger partial charge is 0.250 e. The van der Waals surface area contributed by atoms with Crippen LogP contribution in [-0.4, -0.2) is 21.6 Å². The van der Waals surface area contributed by atoms with Crippen molar-refractivity contribution in [1.29, 1.82) is 0 Å². The molecule has 4 rings (SSSR count). The van der Waals surface area contributed by atoms with Crippen LogP contribution in [0.3, 0.4) is 0 Å². The van der Waals surface area contributed by atoms with E-state index in [1.54, 1.807) is 0 Å². The first-order chi connectivity index (χ1) is 11.6. The highest BCUT2D eigenvalue weighted by Gasteiger charge is 2.56. The van der Waals surface area contributed by atoms with Gasteiger partial charge in [0.25, 0.3) is 0 Å². The predicted octanol–water partition coefficient (Wildman–Crippen LogP) is 4.73. The van der Waals surface area contributed by atoms with Crippen LogP contribution in [0.15, 0.2) is 0 Å². The van der Waals surface area contributed by atoms with E-state index in [1.807, 2.05) is 18.5 Å². The molecular weight excluding hydrogens is 324 g/mol. The van der Waals surface area contributed by atoms with Gasteiger partial charge in [-0.15, -0.1) is 0 Å². The summed E-state index contributed by atoms with van der Waals surface area (Å²) in [6.07, 6.45) is 5.62. The van der Waals surface area contributed by atoms with E-state index in [9.17, 15) is 13.6 Å². The minimum absolute atomic E-state index is 0.0132. The Labute approximate surface area is 147 Å². The number of hydrogen-bond acceptors (Lipinski definition) is 2. The van der Waals surface area contributed by atoms with E-state index >= 15 is 0 Å². The summed E-state index contributed by atoms with van der Waals surface area (Å²) in [5.41, 5.74) is 1.15. The van der Waals surface area contributed by atoms with E-state index in [0.29, 0.717) is 6.42 Å². The lowest BCUT2D eigenvalue weighted by Gasteiger charge is -2.44. The molecule has 0 aliphatic heterocycles. The number of aromatic nitrogens is 2. The Balaban J connectivity index is 1.61. The third-order valence-electron chi connectivity index (χ3n) is 6.39. The normalized spacial score (nSPS) is 25.8. The van der Waals surface area contributed by atoms with Gasteiger partial charge in [0.2, 0.25) is 11.8 Å². The maximum absolute atomic E-state index is 13.5. The second kappa shape index (κ2) is 5.27. The maximum atomic E-state index is 13.5. The Morgan fingerprint density at radius 2 is 1.92 bits per heavy atom. The molecule has 0 saturated heterocycles. The number of halogens is 2. The summed E-state index contributed by atoms with van der Waals surface area (Å²) >= 11 is 0. The number of anilines is 1. The van der Waals surface area contributed by atoms with Gasteiger partial charge < -0.3 is 5.32 Å². The van der Waals surface area contributed by atoms with Crippen LogP contribution in [0.1, 0.15) is 82.5 Å². The summed E-state index contributed by atoms with van der Waals surface area (Å²) in [5, 5.41) is 7.78. The Bertz CT molecular complexity index is 708. The third kappa shape index (κ3) is 2.97. The average molecular weight is 351 g/mol. The highest BCUT2D eigenvalue weighted by atomic mass is 19.3.